The Bertz CT molecular complexity index is 691. The van der Waals surface area contributed by atoms with Crippen LogP contribution in [0, 0.1) is 11.8 Å². The van der Waals surface area contributed by atoms with Crippen molar-refractivity contribution >= 4 is 12.2 Å². The minimum atomic E-state index is -0.910. The number of hydrogen-bond acceptors (Lipinski definition) is 4. The van der Waals surface area contributed by atoms with Gasteiger partial charge in [0.2, 0.25) is 0 Å². The monoisotopic (exact) mass is 357 g/mol. The summed E-state index contributed by atoms with van der Waals surface area (Å²) >= 11 is 0. The second-order valence-corrected chi connectivity index (χ2v) is 8.00. The smallest absolute Gasteiger partial charge is 0.335 e. The molecule has 4 rings (SSSR count). The van der Waals surface area contributed by atoms with Crippen LogP contribution in [0.1, 0.15) is 37.3 Å². The molecule has 0 bridgehead atoms. The summed E-state index contributed by atoms with van der Waals surface area (Å²) in [7, 11) is 1.78. The molecule has 1 aromatic carbocycles. The van der Waals surface area contributed by atoms with Crippen molar-refractivity contribution in [1.82, 2.24) is 0 Å². The van der Waals surface area contributed by atoms with E-state index in [1.165, 1.54) is 11.1 Å². The average molecular weight is 357 g/mol. The van der Waals surface area contributed by atoms with Crippen LogP contribution < -0.4 is 0 Å². The molecule has 0 saturated carbocycles. The zero-order chi connectivity index (χ0) is 18.3. The predicted octanol–water partition coefficient (Wildman–Crippen LogP) is 2.90. The van der Waals surface area contributed by atoms with Gasteiger partial charge in [-0.3, -0.25) is 0 Å². The fraction of sp³-hybridized carbons (Fsp3) is 0.619. The van der Waals surface area contributed by atoms with Crippen molar-refractivity contribution in [2.24, 2.45) is 16.8 Å². The maximum Gasteiger partial charge on any atom is 0.335 e. The summed E-state index contributed by atoms with van der Waals surface area (Å²) in [6, 6.07) is 8.45. The molecular weight excluding hydrogens is 330 g/mol. The van der Waals surface area contributed by atoms with Crippen LogP contribution >= 0.6 is 0 Å². The first-order valence-electron chi connectivity index (χ1n) is 9.60. The van der Waals surface area contributed by atoms with E-state index in [4.69, 9.17) is 9.47 Å². The number of nitrogens with zero attached hydrogens (tertiary/aromatic N) is 1. The number of hydrogen-bond donors (Lipinski definition) is 1. The quantitative estimate of drug-likeness (QED) is 0.823. The third-order valence-corrected chi connectivity index (χ3v) is 6.32. The Morgan fingerprint density at radius 3 is 2.65 bits per heavy atom. The van der Waals surface area contributed by atoms with Crippen molar-refractivity contribution in [3.8, 4) is 0 Å². The van der Waals surface area contributed by atoms with Crippen molar-refractivity contribution in [1.29, 1.82) is 0 Å². The molecule has 2 saturated heterocycles. The summed E-state index contributed by atoms with van der Waals surface area (Å²) in [4.78, 5) is 15.9. The van der Waals surface area contributed by atoms with Gasteiger partial charge < -0.3 is 19.6 Å². The summed E-state index contributed by atoms with van der Waals surface area (Å²) < 4.78 is 12.4. The van der Waals surface area contributed by atoms with E-state index in [0.717, 1.165) is 32.1 Å². The molecule has 140 valence electrons. The minimum Gasteiger partial charge on any atom is -0.479 e. The Balaban J connectivity index is 1.55. The molecule has 5 nitrogen and oxygen atoms in total. The fourth-order valence-corrected chi connectivity index (χ4v) is 5.12. The number of ether oxygens (including phenoxy) is 2. The van der Waals surface area contributed by atoms with Crippen LogP contribution in [0.15, 0.2) is 29.3 Å². The van der Waals surface area contributed by atoms with Gasteiger partial charge in [0.25, 0.3) is 0 Å². The second kappa shape index (κ2) is 6.78. The Kier molecular flexibility index (Phi) is 4.61. The number of aliphatic carboxylic acids is 1. The molecule has 0 amide bonds. The van der Waals surface area contributed by atoms with Crippen LogP contribution in [0.4, 0.5) is 0 Å². The summed E-state index contributed by atoms with van der Waals surface area (Å²) in [6.45, 7) is 2.13. The van der Waals surface area contributed by atoms with Gasteiger partial charge in [-0.05, 0) is 36.3 Å². The molecule has 1 aromatic rings. The summed E-state index contributed by atoms with van der Waals surface area (Å²) in [5.74, 6) is -0.451. The van der Waals surface area contributed by atoms with Gasteiger partial charge in [0.15, 0.2) is 6.10 Å². The second-order valence-electron chi connectivity index (χ2n) is 8.00. The highest BCUT2D eigenvalue weighted by Crippen LogP contribution is 2.51. The van der Waals surface area contributed by atoms with Crippen molar-refractivity contribution in [2.45, 2.75) is 62.9 Å². The standard InChI is InChI=1S/C21H27NO4/c1-3-13(12-22-2)8-17-16-11-21(26-18(16)19(25-17)20(23)24)9-14-6-4-5-7-15(14)10-21/h4-7,12-13,16-19H,3,8-11H2,1-2H3,(H,23,24). The highest BCUT2D eigenvalue weighted by Gasteiger charge is 2.59. The van der Waals surface area contributed by atoms with E-state index in [2.05, 4.69) is 36.2 Å². The molecule has 1 spiro atoms. The number of carboxylic acid groups (broad SMARTS) is 1. The van der Waals surface area contributed by atoms with Crippen molar-refractivity contribution in [3.63, 3.8) is 0 Å². The maximum absolute atomic E-state index is 11.8. The Labute approximate surface area is 154 Å². The minimum absolute atomic E-state index is 0.0767. The zero-order valence-electron chi connectivity index (χ0n) is 15.4. The summed E-state index contributed by atoms with van der Waals surface area (Å²) in [5.41, 5.74) is 2.41. The molecule has 5 heteroatoms. The average Bonchev–Trinajstić information content (AvgIpc) is 3.25. The van der Waals surface area contributed by atoms with Crippen molar-refractivity contribution in [3.05, 3.63) is 35.4 Å². The van der Waals surface area contributed by atoms with Gasteiger partial charge in [0.05, 0.1) is 11.7 Å². The normalized spacial score (nSPS) is 32.8. The van der Waals surface area contributed by atoms with Gasteiger partial charge in [0.1, 0.15) is 6.10 Å². The van der Waals surface area contributed by atoms with Crippen molar-refractivity contribution in [2.75, 3.05) is 7.05 Å². The molecule has 3 aliphatic rings. The van der Waals surface area contributed by atoms with E-state index in [1.807, 2.05) is 6.21 Å². The number of benzene rings is 1. The van der Waals surface area contributed by atoms with Crippen molar-refractivity contribution < 1.29 is 19.4 Å². The van der Waals surface area contributed by atoms with E-state index in [-0.39, 0.29) is 23.7 Å². The van der Waals surface area contributed by atoms with Gasteiger partial charge in [0, 0.05) is 32.0 Å². The first kappa shape index (κ1) is 17.7. The number of aliphatic imine (C=N–C) groups is 1. The SMILES string of the molecule is CCC(C=NC)CC1OC(C(=O)O)C2OC3(Cc4ccccc4C3)CC12. The number of carbonyl (C=O) groups is 1. The molecule has 0 aromatic heterocycles. The van der Waals surface area contributed by atoms with E-state index in [1.54, 1.807) is 7.05 Å². The number of carboxylic acids is 1. The number of fused-ring (bicyclic) bond motifs is 2. The van der Waals surface area contributed by atoms with Crippen LogP contribution in [-0.4, -0.2) is 48.3 Å². The molecule has 5 atom stereocenters. The highest BCUT2D eigenvalue weighted by atomic mass is 16.6. The van der Waals surface area contributed by atoms with Gasteiger partial charge in [-0.1, -0.05) is 31.2 Å². The largest absolute Gasteiger partial charge is 0.479 e. The van der Waals surface area contributed by atoms with Crippen LogP contribution in [0.25, 0.3) is 0 Å². The first-order chi connectivity index (χ1) is 12.5. The molecular formula is C21H27NO4. The van der Waals surface area contributed by atoms with Crippen LogP contribution in [0.3, 0.4) is 0 Å². The molecule has 5 unspecified atom stereocenters. The molecule has 1 N–H and O–H groups in total. The van der Waals surface area contributed by atoms with Gasteiger partial charge in [-0.25, -0.2) is 4.79 Å². The third-order valence-electron chi connectivity index (χ3n) is 6.32. The molecule has 0 radical (unpaired) electrons. The topological polar surface area (TPSA) is 68.1 Å². The molecule has 1 aliphatic carbocycles. The van der Waals surface area contributed by atoms with E-state index < -0.39 is 12.1 Å². The first-order valence-corrected chi connectivity index (χ1v) is 9.60. The lowest BCUT2D eigenvalue weighted by molar-refractivity contribution is -0.160. The number of rotatable bonds is 5. The van der Waals surface area contributed by atoms with Crippen LogP contribution in [0.5, 0.6) is 0 Å². The Hall–Kier alpha value is -1.72. The lowest BCUT2D eigenvalue weighted by atomic mass is 9.83. The van der Waals surface area contributed by atoms with Crippen LogP contribution in [0.2, 0.25) is 0 Å². The molecule has 26 heavy (non-hydrogen) atoms. The van der Waals surface area contributed by atoms with Gasteiger partial charge in [-0.2, -0.15) is 0 Å². The van der Waals surface area contributed by atoms with E-state index >= 15 is 0 Å². The van der Waals surface area contributed by atoms with Crippen LogP contribution in [-0.2, 0) is 27.1 Å². The van der Waals surface area contributed by atoms with Gasteiger partial charge >= 0.3 is 5.97 Å². The molecule has 2 aliphatic heterocycles. The predicted molar refractivity (Wildman–Crippen MR) is 98.7 cm³/mol. The zero-order valence-corrected chi connectivity index (χ0v) is 15.4. The lowest BCUT2D eigenvalue weighted by Crippen LogP contribution is -2.37. The summed E-state index contributed by atoms with van der Waals surface area (Å²) in [5, 5.41) is 9.65. The Morgan fingerprint density at radius 1 is 1.38 bits per heavy atom. The highest BCUT2D eigenvalue weighted by molar-refractivity contribution is 5.74. The Morgan fingerprint density at radius 2 is 2.08 bits per heavy atom. The lowest BCUT2D eigenvalue weighted by Gasteiger charge is -2.27. The fourth-order valence-electron chi connectivity index (χ4n) is 5.12. The maximum atomic E-state index is 11.8. The third kappa shape index (κ3) is 2.97. The molecule has 2 fully saturated rings. The molecule has 2 heterocycles. The summed E-state index contributed by atoms with van der Waals surface area (Å²) in [6.07, 6.45) is 5.10. The van der Waals surface area contributed by atoms with E-state index in [0.29, 0.717) is 5.92 Å². The van der Waals surface area contributed by atoms with E-state index in [9.17, 15) is 9.90 Å². The van der Waals surface area contributed by atoms with Gasteiger partial charge in [-0.15, -0.1) is 0 Å².